The number of nitrogens with two attached hydrogens (primary N) is 1. The van der Waals surface area contributed by atoms with Crippen LogP contribution in [0.1, 0.15) is 12.0 Å². The summed E-state index contributed by atoms with van der Waals surface area (Å²) in [7, 11) is 0. The first kappa shape index (κ1) is 15.9. The van der Waals surface area contributed by atoms with Crippen LogP contribution in [0.4, 0.5) is 0 Å². The van der Waals surface area contributed by atoms with E-state index in [1.807, 2.05) is 23.6 Å². The molecule has 4 nitrogen and oxygen atoms in total. The third-order valence-electron chi connectivity index (χ3n) is 2.81. The smallest absolute Gasteiger partial charge is 0.212 e. The van der Waals surface area contributed by atoms with E-state index in [1.54, 1.807) is 11.8 Å². The van der Waals surface area contributed by atoms with Gasteiger partial charge >= 0.3 is 0 Å². The highest BCUT2D eigenvalue weighted by Crippen LogP contribution is 2.32. The number of hydrogen-bond donors (Lipinski definition) is 2. The molecule has 3 N–H and O–H groups in total. The van der Waals surface area contributed by atoms with Crippen molar-refractivity contribution >= 4 is 30.6 Å². The van der Waals surface area contributed by atoms with Crippen LogP contribution in [0.25, 0.3) is 0 Å². The molecule has 0 aromatic heterocycles. The second-order valence-electron chi connectivity index (χ2n) is 4.05. The minimum atomic E-state index is 0. The molecule has 0 bridgehead atoms. The standard InChI is InChI=1S/C13H17N3OS.ClH/c14-7-6-13-16(12(9-18-13)15-10-17)8-11-4-2-1-3-5-11;/h1-5,9-10,13H,6-8,14H2,(H,15,17);1H. The summed E-state index contributed by atoms with van der Waals surface area (Å²) in [5.41, 5.74) is 6.85. The average Bonchev–Trinajstić information content (AvgIpc) is 2.75. The van der Waals surface area contributed by atoms with Gasteiger partial charge in [-0.15, -0.1) is 24.2 Å². The first-order valence-corrected chi connectivity index (χ1v) is 6.86. The van der Waals surface area contributed by atoms with E-state index in [4.69, 9.17) is 5.73 Å². The third-order valence-corrected chi connectivity index (χ3v) is 3.97. The van der Waals surface area contributed by atoms with Crippen molar-refractivity contribution < 1.29 is 4.79 Å². The average molecular weight is 300 g/mol. The molecule has 6 heteroatoms. The highest BCUT2D eigenvalue weighted by molar-refractivity contribution is 8.02. The fourth-order valence-corrected chi connectivity index (χ4v) is 3.05. The third kappa shape index (κ3) is 4.16. The summed E-state index contributed by atoms with van der Waals surface area (Å²) in [6, 6.07) is 10.2. The van der Waals surface area contributed by atoms with E-state index in [0.29, 0.717) is 11.9 Å². The van der Waals surface area contributed by atoms with Gasteiger partial charge in [0.2, 0.25) is 6.41 Å². The number of carbonyl (C=O) groups is 1. The zero-order valence-electron chi connectivity index (χ0n) is 10.5. The van der Waals surface area contributed by atoms with E-state index < -0.39 is 0 Å². The number of nitrogens with zero attached hydrogens (tertiary/aromatic N) is 1. The molecule has 0 spiro atoms. The molecule has 0 aliphatic carbocycles. The molecule has 2 rings (SSSR count). The second kappa shape index (κ2) is 8.09. The van der Waals surface area contributed by atoms with E-state index in [1.165, 1.54) is 5.56 Å². The Morgan fingerprint density at radius 3 is 2.74 bits per heavy atom. The summed E-state index contributed by atoms with van der Waals surface area (Å²) < 4.78 is 0. The Balaban J connectivity index is 0.00000180. The van der Waals surface area contributed by atoms with Gasteiger partial charge in [-0.1, -0.05) is 30.3 Å². The lowest BCUT2D eigenvalue weighted by molar-refractivity contribution is -0.109. The second-order valence-corrected chi connectivity index (χ2v) is 5.10. The monoisotopic (exact) mass is 299 g/mol. The van der Waals surface area contributed by atoms with Crippen LogP contribution >= 0.6 is 24.2 Å². The molecule has 1 aromatic rings. The lowest BCUT2D eigenvalue weighted by atomic mass is 10.2. The Labute approximate surface area is 123 Å². The Hall–Kier alpha value is -1.17. The van der Waals surface area contributed by atoms with Crippen molar-refractivity contribution in [1.29, 1.82) is 0 Å². The van der Waals surface area contributed by atoms with Crippen LogP contribution in [0.5, 0.6) is 0 Å². The molecule has 1 unspecified atom stereocenters. The molecule has 0 saturated heterocycles. The van der Waals surface area contributed by atoms with Crippen molar-refractivity contribution in [3.63, 3.8) is 0 Å². The number of hydrogen-bond acceptors (Lipinski definition) is 4. The van der Waals surface area contributed by atoms with Gasteiger partial charge in [-0.2, -0.15) is 0 Å². The summed E-state index contributed by atoms with van der Waals surface area (Å²) in [6.45, 7) is 1.43. The maximum atomic E-state index is 10.6. The van der Waals surface area contributed by atoms with E-state index in [-0.39, 0.29) is 12.4 Å². The Morgan fingerprint density at radius 2 is 2.11 bits per heavy atom. The molecule has 1 amide bonds. The number of benzene rings is 1. The Kier molecular flexibility index (Phi) is 6.77. The topological polar surface area (TPSA) is 58.4 Å². The van der Waals surface area contributed by atoms with Crippen molar-refractivity contribution in [2.24, 2.45) is 5.73 Å². The first-order valence-electron chi connectivity index (χ1n) is 5.91. The van der Waals surface area contributed by atoms with Gasteiger partial charge in [0, 0.05) is 12.0 Å². The molecule has 1 heterocycles. The number of rotatable bonds is 6. The maximum Gasteiger partial charge on any atom is 0.212 e. The van der Waals surface area contributed by atoms with E-state index in [0.717, 1.165) is 25.2 Å². The molecule has 104 valence electrons. The van der Waals surface area contributed by atoms with Crippen LogP contribution in [-0.2, 0) is 11.3 Å². The molecular weight excluding hydrogens is 282 g/mol. The predicted molar refractivity (Wildman–Crippen MR) is 81.6 cm³/mol. The van der Waals surface area contributed by atoms with E-state index in [9.17, 15) is 4.79 Å². The van der Waals surface area contributed by atoms with Gasteiger partial charge in [-0.05, 0) is 18.5 Å². The van der Waals surface area contributed by atoms with Crippen LogP contribution in [0.2, 0.25) is 0 Å². The summed E-state index contributed by atoms with van der Waals surface area (Å²) in [5.74, 6) is 0.859. The van der Waals surface area contributed by atoms with E-state index in [2.05, 4.69) is 22.3 Å². The molecular formula is C13H18ClN3OS. The number of thioether (sulfide) groups is 1. The summed E-state index contributed by atoms with van der Waals surface area (Å²) >= 11 is 1.70. The minimum absolute atomic E-state index is 0. The molecule has 1 aliphatic rings. The lowest BCUT2D eigenvalue weighted by Gasteiger charge is -2.28. The van der Waals surface area contributed by atoms with E-state index >= 15 is 0 Å². The first-order chi connectivity index (χ1) is 8.85. The number of nitrogens with one attached hydrogen (secondary N) is 1. The van der Waals surface area contributed by atoms with Gasteiger partial charge in [0.1, 0.15) is 5.82 Å². The Bertz CT molecular complexity index is 427. The van der Waals surface area contributed by atoms with Crippen molar-refractivity contribution in [3.8, 4) is 0 Å². The quantitative estimate of drug-likeness (QED) is 0.788. The summed E-state index contributed by atoms with van der Waals surface area (Å²) in [5, 5.41) is 5.04. The Morgan fingerprint density at radius 1 is 1.37 bits per heavy atom. The van der Waals surface area contributed by atoms with Gasteiger partial charge in [0.25, 0.3) is 0 Å². The fourth-order valence-electron chi connectivity index (χ4n) is 1.95. The molecule has 19 heavy (non-hydrogen) atoms. The summed E-state index contributed by atoms with van der Waals surface area (Å²) in [4.78, 5) is 12.8. The van der Waals surface area contributed by atoms with Crippen LogP contribution in [-0.4, -0.2) is 23.2 Å². The largest absolute Gasteiger partial charge is 0.341 e. The van der Waals surface area contributed by atoms with Gasteiger partial charge in [0.05, 0.1) is 5.37 Å². The van der Waals surface area contributed by atoms with Crippen molar-refractivity contribution in [2.75, 3.05) is 6.54 Å². The molecule has 1 atom stereocenters. The molecule has 0 radical (unpaired) electrons. The van der Waals surface area contributed by atoms with Crippen LogP contribution in [0.3, 0.4) is 0 Å². The highest BCUT2D eigenvalue weighted by Gasteiger charge is 2.25. The molecule has 1 aliphatic heterocycles. The van der Waals surface area contributed by atoms with Gasteiger partial charge < -0.3 is 16.0 Å². The van der Waals surface area contributed by atoms with Gasteiger partial charge in [-0.3, -0.25) is 4.79 Å². The summed E-state index contributed by atoms with van der Waals surface area (Å²) in [6.07, 6.45) is 1.62. The SMILES string of the molecule is Cl.NCCC1SC=C(NC=O)N1Cc1ccccc1. The zero-order chi connectivity index (χ0) is 12.8. The van der Waals surface area contributed by atoms with Crippen LogP contribution in [0.15, 0.2) is 41.6 Å². The molecule has 0 fully saturated rings. The fraction of sp³-hybridized carbons (Fsp3) is 0.308. The van der Waals surface area contributed by atoms with Crippen molar-refractivity contribution in [2.45, 2.75) is 18.3 Å². The van der Waals surface area contributed by atoms with Gasteiger partial charge in [-0.25, -0.2) is 0 Å². The number of carbonyl (C=O) groups excluding carboxylic acids is 1. The van der Waals surface area contributed by atoms with Crippen LogP contribution < -0.4 is 11.1 Å². The van der Waals surface area contributed by atoms with Crippen LogP contribution in [0, 0.1) is 0 Å². The van der Waals surface area contributed by atoms with Crippen molar-refractivity contribution in [3.05, 3.63) is 47.1 Å². The van der Waals surface area contributed by atoms with Gasteiger partial charge in [0.15, 0.2) is 0 Å². The number of amides is 1. The normalized spacial score (nSPS) is 17.6. The predicted octanol–water partition coefficient (Wildman–Crippen LogP) is 1.88. The van der Waals surface area contributed by atoms with Crippen molar-refractivity contribution in [1.82, 2.24) is 10.2 Å². The zero-order valence-corrected chi connectivity index (χ0v) is 12.1. The molecule has 1 aromatic carbocycles. The lowest BCUT2D eigenvalue weighted by Crippen LogP contribution is -2.34. The maximum absolute atomic E-state index is 10.6. The minimum Gasteiger partial charge on any atom is -0.341 e. The number of halogens is 1. The highest BCUT2D eigenvalue weighted by atomic mass is 35.5. The molecule has 0 saturated carbocycles.